The first-order valence-corrected chi connectivity index (χ1v) is 6.36. The normalized spacial score (nSPS) is 11.9. The molecule has 0 radical (unpaired) electrons. The topological polar surface area (TPSA) is 52.9 Å². The van der Waals surface area contributed by atoms with E-state index in [1.807, 2.05) is 37.3 Å². The van der Waals surface area contributed by atoms with Gasteiger partial charge in [0, 0.05) is 5.69 Å². The molecule has 1 unspecified atom stereocenters. The fraction of sp³-hybridized carbons (Fsp3) is 0.467. The molecule has 1 aromatic rings. The van der Waals surface area contributed by atoms with E-state index in [0.29, 0.717) is 12.3 Å². The van der Waals surface area contributed by atoms with Gasteiger partial charge in [-0.25, -0.2) is 0 Å². The van der Waals surface area contributed by atoms with Crippen molar-refractivity contribution < 1.29 is 4.79 Å². The number of carbonyl (C=O) groups is 1. The molecule has 0 aliphatic heterocycles. The fourth-order valence-electron chi connectivity index (χ4n) is 1.76. The number of nitrogens with one attached hydrogen (secondary N) is 1. The van der Waals surface area contributed by atoms with Crippen molar-refractivity contribution in [2.24, 2.45) is 11.8 Å². The lowest BCUT2D eigenvalue weighted by molar-refractivity contribution is -0.118. The van der Waals surface area contributed by atoms with Crippen LogP contribution in [0.1, 0.15) is 32.8 Å². The number of amides is 1. The van der Waals surface area contributed by atoms with Crippen molar-refractivity contribution in [3.05, 3.63) is 29.8 Å². The number of benzene rings is 1. The zero-order valence-electron chi connectivity index (χ0n) is 11.2. The summed E-state index contributed by atoms with van der Waals surface area (Å²) in [4.78, 5) is 11.7. The summed E-state index contributed by atoms with van der Waals surface area (Å²) in [7, 11) is 0. The summed E-state index contributed by atoms with van der Waals surface area (Å²) in [5, 5.41) is 11.6. The van der Waals surface area contributed by atoms with Crippen LogP contribution in [0, 0.1) is 23.2 Å². The second kappa shape index (κ2) is 6.80. The molecule has 0 fully saturated rings. The monoisotopic (exact) mass is 244 g/mol. The van der Waals surface area contributed by atoms with E-state index in [4.69, 9.17) is 5.26 Å². The highest BCUT2D eigenvalue weighted by molar-refractivity contribution is 5.94. The molecular formula is C15H20N2O. The van der Waals surface area contributed by atoms with Crippen molar-refractivity contribution in [3.8, 4) is 6.07 Å². The highest BCUT2D eigenvalue weighted by Crippen LogP contribution is 2.14. The van der Waals surface area contributed by atoms with Crippen LogP contribution in [0.25, 0.3) is 0 Å². The first-order chi connectivity index (χ1) is 8.56. The summed E-state index contributed by atoms with van der Waals surface area (Å²) in [6.45, 7) is 6.18. The van der Waals surface area contributed by atoms with E-state index in [2.05, 4.69) is 19.2 Å². The van der Waals surface area contributed by atoms with Crippen molar-refractivity contribution in [2.75, 3.05) is 5.32 Å². The molecule has 96 valence electrons. The Balaban J connectivity index is 2.64. The second-order valence-corrected chi connectivity index (χ2v) is 4.87. The molecule has 0 aliphatic rings. The fourth-order valence-corrected chi connectivity index (χ4v) is 1.76. The van der Waals surface area contributed by atoms with Gasteiger partial charge in [0.25, 0.3) is 0 Å². The molecule has 3 heteroatoms. The molecule has 0 aromatic heterocycles. The third-order valence-corrected chi connectivity index (χ3v) is 2.75. The minimum absolute atomic E-state index is 0.225. The van der Waals surface area contributed by atoms with Crippen LogP contribution in [0.3, 0.4) is 0 Å². The standard InChI is InChI=1S/C15H20N2O/c1-4-13(10-16)15(18)17-14-7-5-12(6-8-14)9-11(2)3/h5-8,11,13H,4,9H2,1-3H3,(H,17,18). The lowest BCUT2D eigenvalue weighted by Crippen LogP contribution is -2.20. The van der Waals surface area contributed by atoms with Gasteiger partial charge in [0.2, 0.25) is 5.91 Å². The number of hydrogen-bond acceptors (Lipinski definition) is 2. The molecule has 0 bridgehead atoms. The van der Waals surface area contributed by atoms with Gasteiger partial charge < -0.3 is 5.32 Å². The Bertz CT molecular complexity index is 429. The van der Waals surface area contributed by atoms with E-state index in [0.717, 1.165) is 12.1 Å². The van der Waals surface area contributed by atoms with E-state index < -0.39 is 5.92 Å². The largest absolute Gasteiger partial charge is 0.325 e. The van der Waals surface area contributed by atoms with E-state index in [-0.39, 0.29) is 5.91 Å². The smallest absolute Gasteiger partial charge is 0.241 e. The van der Waals surface area contributed by atoms with Crippen LogP contribution in [0.4, 0.5) is 5.69 Å². The molecule has 0 aliphatic carbocycles. The van der Waals surface area contributed by atoms with Crippen molar-refractivity contribution >= 4 is 11.6 Å². The number of nitriles is 1. The Kier molecular flexibility index (Phi) is 5.38. The minimum Gasteiger partial charge on any atom is -0.325 e. The predicted molar refractivity (Wildman–Crippen MR) is 73.0 cm³/mol. The molecule has 1 aromatic carbocycles. The lowest BCUT2D eigenvalue weighted by atomic mass is 10.0. The maximum atomic E-state index is 11.7. The van der Waals surface area contributed by atoms with Gasteiger partial charge in [0.1, 0.15) is 5.92 Å². The van der Waals surface area contributed by atoms with E-state index in [9.17, 15) is 4.79 Å². The maximum Gasteiger partial charge on any atom is 0.241 e. The van der Waals surface area contributed by atoms with Crippen LogP contribution in [0.2, 0.25) is 0 Å². The zero-order valence-corrected chi connectivity index (χ0v) is 11.2. The molecule has 0 heterocycles. The average Bonchev–Trinajstić information content (AvgIpc) is 2.32. The predicted octanol–water partition coefficient (Wildman–Crippen LogP) is 3.37. The molecule has 0 spiro atoms. The molecule has 1 amide bonds. The molecule has 18 heavy (non-hydrogen) atoms. The number of hydrogen-bond donors (Lipinski definition) is 1. The van der Waals surface area contributed by atoms with Gasteiger partial charge in [-0.15, -0.1) is 0 Å². The summed E-state index contributed by atoms with van der Waals surface area (Å²) in [5.41, 5.74) is 2.01. The van der Waals surface area contributed by atoms with Crippen LogP contribution in [0.5, 0.6) is 0 Å². The third-order valence-electron chi connectivity index (χ3n) is 2.75. The number of carbonyl (C=O) groups excluding carboxylic acids is 1. The molecule has 0 saturated carbocycles. The van der Waals surface area contributed by atoms with E-state index in [1.54, 1.807) is 0 Å². The van der Waals surface area contributed by atoms with E-state index >= 15 is 0 Å². The Hall–Kier alpha value is -1.82. The third kappa shape index (κ3) is 4.21. The molecule has 1 rings (SSSR count). The van der Waals surface area contributed by atoms with Crippen LogP contribution < -0.4 is 5.32 Å². The van der Waals surface area contributed by atoms with Gasteiger partial charge in [-0.3, -0.25) is 4.79 Å². The summed E-state index contributed by atoms with van der Waals surface area (Å²) >= 11 is 0. The van der Waals surface area contributed by atoms with E-state index in [1.165, 1.54) is 5.56 Å². The summed E-state index contributed by atoms with van der Waals surface area (Å²) in [5.74, 6) is -0.176. The number of nitrogens with zero attached hydrogens (tertiary/aromatic N) is 1. The number of rotatable bonds is 5. The summed E-state index contributed by atoms with van der Waals surface area (Å²) < 4.78 is 0. The van der Waals surface area contributed by atoms with Crippen molar-refractivity contribution in [1.29, 1.82) is 5.26 Å². The van der Waals surface area contributed by atoms with Crippen LogP contribution in [-0.4, -0.2) is 5.91 Å². The number of anilines is 1. The summed E-state index contributed by atoms with van der Waals surface area (Å²) in [6.07, 6.45) is 1.57. The van der Waals surface area contributed by atoms with Gasteiger partial charge in [-0.05, 0) is 36.5 Å². The van der Waals surface area contributed by atoms with Crippen molar-refractivity contribution in [1.82, 2.24) is 0 Å². The van der Waals surface area contributed by atoms with Gasteiger partial charge in [-0.1, -0.05) is 32.9 Å². The second-order valence-electron chi connectivity index (χ2n) is 4.87. The van der Waals surface area contributed by atoms with Crippen molar-refractivity contribution in [2.45, 2.75) is 33.6 Å². The lowest BCUT2D eigenvalue weighted by Gasteiger charge is -2.09. The molecule has 1 atom stereocenters. The Morgan fingerprint density at radius 1 is 1.33 bits per heavy atom. The average molecular weight is 244 g/mol. The van der Waals surface area contributed by atoms with Gasteiger partial charge in [0.05, 0.1) is 6.07 Å². The van der Waals surface area contributed by atoms with Crippen LogP contribution in [0.15, 0.2) is 24.3 Å². The molecule has 3 nitrogen and oxygen atoms in total. The highest BCUT2D eigenvalue weighted by Gasteiger charge is 2.15. The zero-order chi connectivity index (χ0) is 13.5. The highest BCUT2D eigenvalue weighted by atomic mass is 16.1. The van der Waals surface area contributed by atoms with Crippen LogP contribution in [-0.2, 0) is 11.2 Å². The quantitative estimate of drug-likeness (QED) is 0.863. The van der Waals surface area contributed by atoms with Gasteiger partial charge in [0.15, 0.2) is 0 Å². The maximum absolute atomic E-state index is 11.7. The minimum atomic E-state index is -0.569. The van der Waals surface area contributed by atoms with Crippen LogP contribution >= 0.6 is 0 Å². The van der Waals surface area contributed by atoms with Gasteiger partial charge in [-0.2, -0.15) is 5.26 Å². The SMILES string of the molecule is CCC(C#N)C(=O)Nc1ccc(CC(C)C)cc1. The van der Waals surface area contributed by atoms with Crippen molar-refractivity contribution in [3.63, 3.8) is 0 Å². The molecule has 0 saturated heterocycles. The molecular weight excluding hydrogens is 224 g/mol. The Labute approximate surface area is 109 Å². The van der Waals surface area contributed by atoms with Gasteiger partial charge >= 0.3 is 0 Å². The molecule has 1 N–H and O–H groups in total. The Morgan fingerprint density at radius 2 is 1.94 bits per heavy atom. The first kappa shape index (κ1) is 14.2. The Morgan fingerprint density at radius 3 is 2.39 bits per heavy atom. The first-order valence-electron chi connectivity index (χ1n) is 6.36. The summed E-state index contributed by atoms with van der Waals surface area (Å²) in [6, 6.07) is 9.81.